The fraction of sp³-hybridized carbons (Fsp3) is 1.00. The van der Waals surface area contributed by atoms with Gasteiger partial charge in [0.05, 0.1) is 5.37 Å². The Hall–Kier alpha value is 0.310. The highest BCUT2D eigenvalue weighted by molar-refractivity contribution is 7.99. The van der Waals surface area contributed by atoms with Crippen LogP contribution < -0.4 is 5.73 Å². The molecule has 1 nitrogen and oxygen atoms in total. The lowest BCUT2D eigenvalue weighted by Gasteiger charge is -2.05. The maximum Gasteiger partial charge on any atom is 0.0638 e. The number of nitrogens with one attached hydrogen (secondary N) is 1. The highest BCUT2D eigenvalue weighted by Crippen LogP contribution is 2.10. The molecular formula is C6H14NS. The molecule has 0 aliphatic heterocycles. The predicted octanol–water partition coefficient (Wildman–Crippen LogP) is 2.00. The zero-order chi connectivity index (χ0) is 6.57. The number of thioether (sulfide) groups is 1. The average molecular weight is 132 g/mol. The van der Waals surface area contributed by atoms with Crippen molar-refractivity contribution in [3.8, 4) is 0 Å². The first kappa shape index (κ1) is 8.31. The lowest BCUT2D eigenvalue weighted by Crippen LogP contribution is -2.00. The first-order valence-corrected chi connectivity index (χ1v) is 4.00. The summed E-state index contributed by atoms with van der Waals surface area (Å²) in [5, 5.41) is 0.0531. The summed E-state index contributed by atoms with van der Waals surface area (Å²) in [7, 11) is 0. The zero-order valence-corrected chi connectivity index (χ0v) is 6.59. The molecule has 0 aliphatic carbocycles. The quantitative estimate of drug-likeness (QED) is 0.576. The number of rotatable bonds is 3. The summed E-state index contributed by atoms with van der Waals surface area (Å²) >= 11 is 1.71. The largest absolute Gasteiger partial charge is 0.244 e. The van der Waals surface area contributed by atoms with E-state index >= 15 is 0 Å². The SMILES string of the molecule is CC(C)CSC(C)[NH]. The normalized spacial score (nSPS) is 14.6. The van der Waals surface area contributed by atoms with Crippen LogP contribution in [0.25, 0.3) is 0 Å². The second-order valence-corrected chi connectivity index (χ2v) is 3.74. The summed E-state index contributed by atoms with van der Waals surface area (Å²) in [5.41, 5.74) is 7.13. The summed E-state index contributed by atoms with van der Waals surface area (Å²) < 4.78 is 0. The second-order valence-electron chi connectivity index (χ2n) is 2.37. The summed E-state index contributed by atoms with van der Waals surface area (Å²) in [6, 6.07) is 0. The molecular weight excluding hydrogens is 118 g/mol. The van der Waals surface area contributed by atoms with Crippen molar-refractivity contribution in [1.82, 2.24) is 5.73 Å². The first-order valence-electron chi connectivity index (χ1n) is 2.95. The Morgan fingerprint density at radius 3 is 2.00 bits per heavy atom. The fourth-order valence-electron chi connectivity index (χ4n) is 0.337. The molecule has 0 bridgehead atoms. The van der Waals surface area contributed by atoms with Crippen molar-refractivity contribution in [1.29, 1.82) is 0 Å². The van der Waals surface area contributed by atoms with E-state index in [-0.39, 0.29) is 5.37 Å². The standard InChI is InChI=1S/C6H14NS/c1-5(2)4-8-6(3)7/h5-7H,4H2,1-3H3. The van der Waals surface area contributed by atoms with Gasteiger partial charge in [-0.25, -0.2) is 5.73 Å². The van der Waals surface area contributed by atoms with Gasteiger partial charge in [-0.15, -0.1) is 11.8 Å². The minimum atomic E-state index is 0.0531. The van der Waals surface area contributed by atoms with Crippen molar-refractivity contribution in [2.24, 2.45) is 5.92 Å². The molecule has 0 heterocycles. The lowest BCUT2D eigenvalue weighted by atomic mass is 10.3. The van der Waals surface area contributed by atoms with Gasteiger partial charge in [0.2, 0.25) is 0 Å². The van der Waals surface area contributed by atoms with E-state index in [1.165, 1.54) is 0 Å². The number of hydrogen-bond acceptors (Lipinski definition) is 1. The molecule has 0 rings (SSSR count). The molecule has 0 saturated heterocycles. The van der Waals surface area contributed by atoms with Crippen LogP contribution >= 0.6 is 11.8 Å². The fourth-order valence-corrected chi connectivity index (χ4v) is 1.01. The van der Waals surface area contributed by atoms with Crippen LogP contribution in [0.4, 0.5) is 0 Å². The Morgan fingerprint density at radius 2 is 1.88 bits per heavy atom. The van der Waals surface area contributed by atoms with Gasteiger partial charge in [0, 0.05) is 0 Å². The number of hydrogen-bond donors (Lipinski definition) is 0. The molecule has 0 aromatic rings. The minimum Gasteiger partial charge on any atom is -0.244 e. The molecule has 49 valence electrons. The van der Waals surface area contributed by atoms with E-state index in [4.69, 9.17) is 5.73 Å². The van der Waals surface area contributed by atoms with Gasteiger partial charge in [0.15, 0.2) is 0 Å². The molecule has 0 aromatic heterocycles. The van der Waals surface area contributed by atoms with E-state index in [9.17, 15) is 0 Å². The van der Waals surface area contributed by atoms with Crippen LogP contribution in [0, 0.1) is 5.92 Å². The van der Waals surface area contributed by atoms with E-state index in [2.05, 4.69) is 13.8 Å². The van der Waals surface area contributed by atoms with E-state index in [1.807, 2.05) is 6.92 Å². The van der Waals surface area contributed by atoms with Gasteiger partial charge in [0.25, 0.3) is 0 Å². The summed E-state index contributed by atoms with van der Waals surface area (Å²) in [5.74, 6) is 1.85. The third kappa shape index (κ3) is 6.31. The summed E-state index contributed by atoms with van der Waals surface area (Å²) in [6.45, 7) is 6.26. The third-order valence-electron chi connectivity index (χ3n) is 0.680. The highest BCUT2D eigenvalue weighted by Gasteiger charge is 1.96. The van der Waals surface area contributed by atoms with Crippen molar-refractivity contribution >= 4 is 11.8 Å². The molecule has 0 amide bonds. The van der Waals surface area contributed by atoms with Crippen LogP contribution in [0.15, 0.2) is 0 Å². The van der Waals surface area contributed by atoms with Gasteiger partial charge in [-0.2, -0.15) is 0 Å². The molecule has 1 radical (unpaired) electrons. The van der Waals surface area contributed by atoms with Gasteiger partial charge < -0.3 is 0 Å². The van der Waals surface area contributed by atoms with E-state index in [0.717, 1.165) is 11.7 Å². The summed E-state index contributed by atoms with van der Waals surface area (Å²) in [4.78, 5) is 0. The van der Waals surface area contributed by atoms with Crippen LogP contribution in [0.3, 0.4) is 0 Å². The van der Waals surface area contributed by atoms with E-state index < -0.39 is 0 Å². The van der Waals surface area contributed by atoms with Gasteiger partial charge in [-0.3, -0.25) is 0 Å². The Balaban J connectivity index is 2.93. The van der Waals surface area contributed by atoms with E-state index in [0.29, 0.717) is 0 Å². The second kappa shape index (κ2) is 4.21. The molecule has 0 saturated carbocycles. The Labute approximate surface area is 56.0 Å². The smallest absolute Gasteiger partial charge is 0.0638 e. The van der Waals surface area contributed by atoms with Crippen molar-refractivity contribution in [2.75, 3.05) is 5.75 Å². The van der Waals surface area contributed by atoms with Crippen LogP contribution in [-0.4, -0.2) is 11.1 Å². The van der Waals surface area contributed by atoms with Crippen LogP contribution in [0.1, 0.15) is 20.8 Å². The topological polar surface area (TPSA) is 23.8 Å². The molecule has 0 aromatic carbocycles. The molecule has 0 fully saturated rings. The lowest BCUT2D eigenvalue weighted by molar-refractivity contribution is 0.747. The maximum atomic E-state index is 7.13. The van der Waals surface area contributed by atoms with E-state index in [1.54, 1.807) is 11.8 Å². The van der Waals surface area contributed by atoms with Crippen LogP contribution in [0.2, 0.25) is 0 Å². The van der Waals surface area contributed by atoms with Crippen molar-refractivity contribution < 1.29 is 0 Å². The van der Waals surface area contributed by atoms with Crippen LogP contribution in [0.5, 0.6) is 0 Å². The monoisotopic (exact) mass is 132 g/mol. The molecule has 1 unspecified atom stereocenters. The van der Waals surface area contributed by atoms with Gasteiger partial charge in [-0.1, -0.05) is 13.8 Å². The zero-order valence-electron chi connectivity index (χ0n) is 5.77. The Morgan fingerprint density at radius 1 is 1.38 bits per heavy atom. The Bertz CT molecular complexity index is 44.5. The van der Waals surface area contributed by atoms with Crippen LogP contribution in [-0.2, 0) is 0 Å². The average Bonchev–Trinajstić information content (AvgIpc) is 1.61. The predicted molar refractivity (Wildman–Crippen MR) is 39.9 cm³/mol. The summed E-state index contributed by atoms with van der Waals surface area (Å²) in [6.07, 6.45) is 0. The molecule has 1 atom stereocenters. The molecule has 0 aliphatic rings. The minimum absolute atomic E-state index is 0.0531. The van der Waals surface area contributed by atoms with Gasteiger partial charge in [0.1, 0.15) is 0 Å². The Kier molecular flexibility index (Phi) is 4.38. The van der Waals surface area contributed by atoms with Gasteiger partial charge in [-0.05, 0) is 18.6 Å². The first-order chi connectivity index (χ1) is 3.63. The van der Waals surface area contributed by atoms with Crippen molar-refractivity contribution in [3.63, 3.8) is 0 Å². The van der Waals surface area contributed by atoms with Crippen molar-refractivity contribution in [3.05, 3.63) is 0 Å². The third-order valence-corrected chi connectivity index (χ3v) is 2.04. The molecule has 0 spiro atoms. The maximum absolute atomic E-state index is 7.13. The molecule has 1 N–H and O–H groups in total. The highest BCUT2D eigenvalue weighted by atomic mass is 32.2. The van der Waals surface area contributed by atoms with Crippen molar-refractivity contribution in [2.45, 2.75) is 26.1 Å². The molecule has 8 heavy (non-hydrogen) atoms. The van der Waals surface area contributed by atoms with Gasteiger partial charge >= 0.3 is 0 Å². The molecule has 2 heteroatoms.